The molecule has 0 aliphatic rings. The van der Waals surface area contributed by atoms with Gasteiger partial charge in [0.25, 0.3) is 5.56 Å². The van der Waals surface area contributed by atoms with Gasteiger partial charge in [-0.15, -0.1) is 0 Å². The Labute approximate surface area is 163 Å². The van der Waals surface area contributed by atoms with Crippen LogP contribution in [0, 0.1) is 6.92 Å². The molecule has 0 bridgehead atoms. The third-order valence-electron chi connectivity index (χ3n) is 4.81. The van der Waals surface area contributed by atoms with E-state index in [9.17, 15) is 9.59 Å². The quantitative estimate of drug-likeness (QED) is 0.508. The molecule has 9 heteroatoms. The maximum absolute atomic E-state index is 12.7. The topological polar surface area (TPSA) is 108 Å². The molecule has 9 nitrogen and oxygen atoms in total. The van der Waals surface area contributed by atoms with Gasteiger partial charge in [0.2, 0.25) is 11.5 Å². The number of aromatic nitrogens is 5. The van der Waals surface area contributed by atoms with E-state index in [1.165, 1.54) is 10.9 Å². The highest BCUT2D eigenvalue weighted by Crippen LogP contribution is 2.24. The van der Waals surface area contributed by atoms with Crippen LogP contribution in [0.1, 0.15) is 5.69 Å². The zero-order valence-electron chi connectivity index (χ0n) is 15.7. The predicted octanol–water partition coefficient (Wildman–Crippen LogP) is 2.37. The summed E-state index contributed by atoms with van der Waals surface area (Å²) in [7, 11) is 1.81. The van der Waals surface area contributed by atoms with E-state index in [2.05, 4.69) is 20.4 Å². The Morgan fingerprint density at radius 3 is 2.90 bits per heavy atom. The lowest BCUT2D eigenvalue weighted by Crippen LogP contribution is -2.27. The number of hydrogen-bond acceptors (Lipinski definition) is 6. The van der Waals surface area contributed by atoms with Crippen molar-refractivity contribution in [3.63, 3.8) is 0 Å². The number of nitrogens with zero attached hydrogens (tertiary/aromatic N) is 5. The Morgan fingerprint density at radius 2 is 2.03 bits per heavy atom. The summed E-state index contributed by atoms with van der Waals surface area (Å²) in [4.78, 5) is 33.9. The summed E-state index contributed by atoms with van der Waals surface area (Å²) in [5.41, 5.74) is 2.89. The second kappa shape index (κ2) is 6.26. The fourth-order valence-electron chi connectivity index (χ4n) is 3.46. The number of para-hydroxylation sites is 1. The maximum Gasteiger partial charge on any atom is 0.297 e. The van der Waals surface area contributed by atoms with Gasteiger partial charge in [-0.3, -0.25) is 18.8 Å². The van der Waals surface area contributed by atoms with Crippen LogP contribution in [0.4, 0.5) is 5.69 Å². The summed E-state index contributed by atoms with van der Waals surface area (Å²) in [5, 5.41) is 8.70. The zero-order valence-corrected chi connectivity index (χ0v) is 15.7. The molecule has 1 amide bonds. The molecule has 5 rings (SSSR count). The number of furan rings is 1. The van der Waals surface area contributed by atoms with Crippen molar-refractivity contribution in [2.75, 3.05) is 5.32 Å². The number of benzene rings is 1. The van der Waals surface area contributed by atoms with Crippen molar-refractivity contribution in [3.8, 4) is 0 Å². The van der Waals surface area contributed by atoms with Crippen LogP contribution in [-0.4, -0.2) is 30.2 Å². The normalized spacial score (nSPS) is 11.5. The van der Waals surface area contributed by atoms with E-state index >= 15 is 0 Å². The largest absolute Gasteiger partial charge is 0.448 e. The highest BCUT2D eigenvalue weighted by molar-refractivity contribution is 6.01. The number of anilines is 1. The average Bonchev–Trinajstić information content (AvgIpc) is 3.22. The van der Waals surface area contributed by atoms with Crippen LogP contribution in [0.2, 0.25) is 0 Å². The first kappa shape index (κ1) is 17.1. The molecular formula is C20H16N6O3. The van der Waals surface area contributed by atoms with Gasteiger partial charge in [0.15, 0.2) is 5.65 Å². The van der Waals surface area contributed by atoms with Crippen LogP contribution in [0.5, 0.6) is 0 Å². The summed E-state index contributed by atoms with van der Waals surface area (Å²) in [6.45, 7) is 1.69. The van der Waals surface area contributed by atoms with Crippen LogP contribution in [0.25, 0.3) is 33.1 Å². The molecule has 5 aromatic rings. The van der Waals surface area contributed by atoms with Crippen molar-refractivity contribution in [1.29, 1.82) is 0 Å². The lowest BCUT2D eigenvalue weighted by molar-refractivity contribution is -0.116. The number of pyridine rings is 1. The molecule has 0 aliphatic carbocycles. The van der Waals surface area contributed by atoms with Crippen LogP contribution in [0.15, 0.2) is 52.1 Å². The molecule has 0 spiro atoms. The third kappa shape index (κ3) is 2.75. The third-order valence-corrected chi connectivity index (χ3v) is 4.81. The standard InChI is InChI=1S/C20H16N6O3/c1-11-14-7-12(8-21-19(14)25(2)24-11)23-16(27)9-26-10-22-17-13-5-3-4-6-15(13)29-18(17)20(26)28/h3-8,10H,9H2,1-2H3,(H,23,27). The smallest absolute Gasteiger partial charge is 0.297 e. The number of aryl methyl sites for hydroxylation is 2. The van der Waals surface area contributed by atoms with Crippen molar-refractivity contribution in [3.05, 3.63) is 58.9 Å². The Hall–Kier alpha value is -4.01. The highest BCUT2D eigenvalue weighted by Gasteiger charge is 2.15. The van der Waals surface area contributed by atoms with Gasteiger partial charge in [-0.2, -0.15) is 5.10 Å². The number of amides is 1. The molecule has 0 aliphatic heterocycles. The number of carbonyl (C=O) groups excluding carboxylic acids is 1. The fourth-order valence-corrected chi connectivity index (χ4v) is 3.46. The highest BCUT2D eigenvalue weighted by atomic mass is 16.3. The van der Waals surface area contributed by atoms with E-state index < -0.39 is 5.56 Å². The molecule has 4 heterocycles. The van der Waals surface area contributed by atoms with Crippen molar-refractivity contribution in [2.24, 2.45) is 7.05 Å². The number of fused-ring (bicyclic) bond motifs is 4. The molecule has 4 aromatic heterocycles. The van der Waals surface area contributed by atoms with Crippen LogP contribution < -0.4 is 10.9 Å². The second-order valence-electron chi connectivity index (χ2n) is 6.81. The average molecular weight is 388 g/mol. The minimum absolute atomic E-state index is 0.135. The van der Waals surface area contributed by atoms with Gasteiger partial charge >= 0.3 is 0 Å². The molecular weight excluding hydrogens is 372 g/mol. The van der Waals surface area contributed by atoms with E-state index in [0.717, 1.165) is 22.1 Å². The first-order chi connectivity index (χ1) is 14.0. The monoisotopic (exact) mass is 388 g/mol. The first-order valence-corrected chi connectivity index (χ1v) is 8.97. The summed E-state index contributed by atoms with van der Waals surface area (Å²) in [6, 6.07) is 9.11. The van der Waals surface area contributed by atoms with Crippen molar-refractivity contribution in [2.45, 2.75) is 13.5 Å². The number of carbonyl (C=O) groups is 1. The van der Waals surface area contributed by atoms with Gasteiger partial charge < -0.3 is 9.73 Å². The molecule has 0 fully saturated rings. The molecule has 144 valence electrons. The fraction of sp³-hybridized carbons (Fsp3) is 0.150. The first-order valence-electron chi connectivity index (χ1n) is 8.97. The van der Waals surface area contributed by atoms with Gasteiger partial charge in [0.05, 0.1) is 23.9 Å². The van der Waals surface area contributed by atoms with Crippen molar-refractivity contribution >= 4 is 44.7 Å². The lowest BCUT2D eigenvalue weighted by atomic mass is 10.2. The molecule has 0 saturated heterocycles. The molecule has 0 atom stereocenters. The predicted molar refractivity (Wildman–Crippen MR) is 108 cm³/mol. The van der Waals surface area contributed by atoms with Crippen molar-refractivity contribution in [1.82, 2.24) is 24.3 Å². The second-order valence-corrected chi connectivity index (χ2v) is 6.81. The van der Waals surface area contributed by atoms with Gasteiger partial charge in [-0.1, -0.05) is 12.1 Å². The molecule has 0 saturated carbocycles. The molecule has 1 N–H and O–H groups in total. The van der Waals surface area contributed by atoms with E-state index in [0.29, 0.717) is 16.8 Å². The van der Waals surface area contributed by atoms with Crippen LogP contribution in [0.3, 0.4) is 0 Å². The van der Waals surface area contributed by atoms with Crippen LogP contribution >= 0.6 is 0 Å². The zero-order chi connectivity index (χ0) is 20.1. The Bertz CT molecular complexity index is 1480. The minimum Gasteiger partial charge on any atom is -0.448 e. The lowest BCUT2D eigenvalue weighted by Gasteiger charge is -2.07. The van der Waals surface area contributed by atoms with Gasteiger partial charge in [0, 0.05) is 17.8 Å². The molecule has 29 heavy (non-hydrogen) atoms. The van der Waals surface area contributed by atoms with Gasteiger partial charge in [-0.05, 0) is 25.1 Å². The van der Waals surface area contributed by atoms with Gasteiger partial charge in [0.1, 0.15) is 17.6 Å². The summed E-state index contributed by atoms with van der Waals surface area (Å²) < 4.78 is 8.55. The number of rotatable bonds is 3. The number of nitrogens with one attached hydrogen (secondary N) is 1. The van der Waals surface area contributed by atoms with E-state index in [1.807, 2.05) is 38.2 Å². The van der Waals surface area contributed by atoms with E-state index in [-0.39, 0.29) is 18.0 Å². The molecule has 0 radical (unpaired) electrons. The SMILES string of the molecule is Cc1nn(C)c2ncc(NC(=O)Cn3cnc4c(oc5ccccc54)c3=O)cc12. The van der Waals surface area contributed by atoms with Crippen molar-refractivity contribution < 1.29 is 9.21 Å². The molecule has 1 aromatic carbocycles. The summed E-state index contributed by atoms with van der Waals surface area (Å²) >= 11 is 0. The number of hydrogen-bond donors (Lipinski definition) is 1. The van der Waals surface area contributed by atoms with Crippen LogP contribution in [-0.2, 0) is 18.4 Å². The Balaban J connectivity index is 1.44. The molecule has 0 unspecified atom stereocenters. The summed E-state index contributed by atoms with van der Waals surface area (Å²) in [6.07, 6.45) is 2.92. The minimum atomic E-state index is -0.405. The Morgan fingerprint density at radius 1 is 1.21 bits per heavy atom. The Kier molecular flexibility index (Phi) is 3.70. The summed E-state index contributed by atoms with van der Waals surface area (Å²) in [5.74, 6) is -0.368. The van der Waals surface area contributed by atoms with E-state index in [1.54, 1.807) is 16.9 Å². The van der Waals surface area contributed by atoms with Gasteiger partial charge in [-0.25, -0.2) is 9.97 Å². The maximum atomic E-state index is 12.7. The van der Waals surface area contributed by atoms with E-state index in [4.69, 9.17) is 4.42 Å².